The van der Waals surface area contributed by atoms with Gasteiger partial charge in [0.25, 0.3) is 0 Å². The number of phenols is 1. The van der Waals surface area contributed by atoms with Gasteiger partial charge in [0, 0.05) is 21.7 Å². The number of ether oxygens (including phenoxy) is 2. The molecule has 1 saturated heterocycles. The molecule has 6 heteroatoms. The molecule has 0 bridgehead atoms. The number of rotatable bonds is 3. The van der Waals surface area contributed by atoms with Crippen LogP contribution in [0.1, 0.15) is 30.0 Å². The SMILES string of the molecule is Oc1cc2c(cc1[C@@H](c1ccc(Cl)cc1Cl)N1CCCC1)OCO2. The Labute approximate surface area is 150 Å². The summed E-state index contributed by atoms with van der Waals surface area (Å²) in [4.78, 5) is 2.33. The number of benzene rings is 2. The molecule has 2 aliphatic rings. The lowest BCUT2D eigenvalue weighted by molar-refractivity contribution is 0.173. The highest BCUT2D eigenvalue weighted by molar-refractivity contribution is 6.35. The predicted molar refractivity (Wildman–Crippen MR) is 93.3 cm³/mol. The van der Waals surface area contributed by atoms with Crippen molar-refractivity contribution < 1.29 is 14.6 Å². The number of phenolic OH excluding ortho intramolecular Hbond substituents is 1. The second kappa shape index (κ2) is 6.36. The fourth-order valence-corrected chi connectivity index (χ4v) is 3.96. The first-order valence-corrected chi connectivity index (χ1v) is 8.70. The Kier molecular flexibility index (Phi) is 4.21. The highest BCUT2D eigenvalue weighted by Gasteiger charge is 2.31. The van der Waals surface area contributed by atoms with E-state index in [1.807, 2.05) is 18.2 Å². The molecular weight excluding hydrogens is 349 g/mol. The highest BCUT2D eigenvalue weighted by Crippen LogP contribution is 2.45. The first-order chi connectivity index (χ1) is 11.6. The minimum Gasteiger partial charge on any atom is -0.507 e. The Hall–Kier alpha value is -1.62. The predicted octanol–water partition coefficient (Wildman–Crippen LogP) is 4.61. The molecule has 4 nitrogen and oxygen atoms in total. The summed E-state index contributed by atoms with van der Waals surface area (Å²) >= 11 is 12.5. The Balaban J connectivity index is 1.84. The van der Waals surface area contributed by atoms with Crippen molar-refractivity contribution in [1.82, 2.24) is 4.90 Å². The van der Waals surface area contributed by atoms with E-state index in [1.165, 1.54) is 0 Å². The van der Waals surface area contributed by atoms with Gasteiger partial charge in [0.1, 0.15) is 5.75 Å². The van der Waals surface area contributed by atoms with Crippen LogP contribution in [-0.2, 0) is 0 Å². The maximum atomic E-state index is 10.6. The van der Waals surface area contributed by atoms with Gasteiger partial charge in [0.05, 0.1) is 6.04 Å². The number of hydrogen-bond acceptors (Lipinski definition) is 4. The number of fused-ring (bicyclic) bond motifs is 1. The van der Waals surface area contributed by atoms with Crippen molar-refractivity contribution in [1.29, 1.82) is 0 Å². The van der Waals surface area contributed by atoms with Crippen LogP contribution in [0.2, 0.25) is 10.0 Å². The lowest BCUT2D eigenvalue weighted by Gasteiger charge is -2.29. The average Bonchev–Trinajstić information content (AvgIpc) is 3.21. The van der Waals surface area contributed by atoms with Gasteiger partial charge in [-0.3, -0.25) is 4.90 Å². The molecule has 2 aromatic carbocycles. The fourth-order valence-electron chi connectivity index (χ4n) is 3.45. The number of hydrogen-bond donors (Lipinski definition) is 1. The van der Waals surface area contributed by atoms with Crippen molar-refractivity contribution in [3.8, 4) is 17.2 Å². The summed E-state index contributed by atoms with van der Waals surface area (Å²) in [5.41, 5.74) is 1.70. The van der Waals surface area contributed by atoms with Crippen molar-refractivity contribution in [2.75, 3.05) is 19.9 Å². The third kappa shape index (κ3) is 2.79. The molecule has 0 radical (unpaired) electrons. The summed E-state index contributed by atoms with van der Waals surface area (Å²) < 4.78 is 10.8. The minimum atomic E-state index is -0.147. The van der Waals surface area contributed by atoms with Gasteiger partial charge in [-0.05, 0) is 49.7 Å². The molecule has 0 unspecified atom stereocenters. The summed E-state index contributed by atoms with van der Waals surface area (Å²) in [6.07, 6.45) is 2.26. The van der Waals surface area contributed by atoms with Crippen molar-refractivity contribution in [2.45, 2.75) is 18.9 Å². The second-order valence-electron chi connectivity index (χ2n) is 6.08. The lowest BCUT2D eigenvalue weighted by Crippen LogP contribution is -2.27. The maximum Gasteiger partial charge on any atom is 0.231 e. The minimum absolute atomic E-state index is 0.147. The second-order valence-corrected chi connectivity index (χ2v) is 6.92. The number of halogens is 2. The van der Waals surface area contributed by atoms with E-state index in [-0.39, 0.29) is 18.6 Å². The van der Waals surface area contributed by atoms with Gasteiger partial charge in [-0.25, -0.2) is 0 Å². The van der Waals surface area contributed by atoms with Gasteiger partial charge in [-0.2, -0.15) is 0 Å². The summed E-state index contributed by atoms with van der Waals surface area (Å²) in [7, 11) is 0. The van der Waals surface area contributed by atoms with E-state index in [4.69, 9.17) is 32.7 Å². The third-order valence-electron chi connectivity index (χ3n) is 4.58. The lowest BCUT2D eigenvalue weighted by atomic mass is 9.95. The first kappa shape index (κ1) is 15.9. The highest BCUT2D eigenvalue weighted by atomic mass is 35.5. The van der Waals surface area contributed by atoms with Gasteiger partial charge in [0.2, 0.25) is 6.79 Å². The number of likely N-dealkylation sites (tertiary alicyclic amines) is 1. The summed E-state index contributed by atoms with van der Waals surface area (Å²) in [5.74, 6) is 1.40. The Morgan fingerprint density at radius 2 is 1.67 bits per heavy atom. The topological polar surface area (TPSA) is 41.9 Å². The number of aromatic hydroxyl groups is 1. The molecule has 1 atom stereocenters. The summed E-state index contributed by atoms with van der Waals surface area (Å²) in [5, 5.41) is 11.8. The van der Waals surface area contributed by atoms with Gasteiger partial charge >= 0.3 is 0 Å². The van der Waals surface area contributed by atoms with E-state index in [9.17, 15) is 5.11 Å². The molecule has 0 amide bonds. The first-order valence-electron chi connectivity index (χ1n) is 7.95. The smallest absolute Gasteiger partial charge is 0.231 e. The van der Waals surface area contributed by atoms with Crippen molar-refractivity contribution in [3.05, 3.63) is 51.5 Å². The van der Waals surface area contributed by atoms with E-state index < -0.39 is 0 Å². The maximum absolute atomic E-state index is 10.6. The molecule has 4 rings (SSSR count). The summed E-state index contributed by atoms with van der Waals surface area (Å²) in [6.45, 7) is 2.09. The third-order valence-corrected chi connectivity index (χ3v) is 5.14. The van der Waals surface area contributed by atoms with Gasteiger partial charge < -0.3 is 14.6 Å². The van der Waals surface area contributed by atoms with E-state index in [0.29, 0.717) is 21.5 Å². The molecule has 24 heavy (non-hydrogen) atoms. The standard InChI is InChI=1S/C18H17Cl2NO3/c19-11-3-4-12(14(20)7-11)18(21-5-1-2-6-21)13-8-16-17(9-15(13)22)24-10-23-16/h3-4,7-9,18,22H,1-2,5-6,10H2/t18-/m1/s1. The fraction of sp³-hybridized carbons (Fsp3) is 0.333. The zero-order valence-corrected chi connectivity index (χ0v) is 14.5. The van der Waals surface area contributed by atoms with Crippen LogP contribution >= 0.6 is 23.2 Å². The van der Waals surface area contributed by atoms with E-state index in [2.05, 4.69) is 4.90 Å². The molecule has 126 valence electrons. The molecule has 1 N–H and O–H groups in total. The molecule has 0 aromatic heterocycles. The largest absolute Gasteiger partial charge is 0.507 e. The summed E-state index contributed by atoms with van der Waals surface area (Å²) in [6, 6.07) is 8.82. The molecule has 0 aliphatic carbocycles. The normalized spacial score (nSPS) is 18.1. The van der Waals surface area contributed by atoms with Crippen LogP contribution in [0.25, 0.3) is 0 Å². The molecule has 1 fully saturated rings. The Morgan fingerprint density at radius 1 is 0.958 bits per heavy atom. The number of nitrogens with zero attached hydrogens (tertiary/aromatic N) is 1. The quantitative estimate of drug-likeness (QED) is 0.861. The van der Waals surface area contributed by atoms with Crippen molar-refractivity contribution in [2.24, 2.45) is 0 Å². The zero-order chi connectivity index (χ0) is 16.7. The Morgan fingerprint density at radius 3 is 2.38 bits per heavy atom. The molecule has 2 aromatic rings. The van der Waals surface area contributed by atoms with Crippen molar-refractivity contribution in [3.63, 3.8) is 0 Å². The molecule has 0 spiro atoms. The zero-order valence-electron chi connectivity index (χ0n) is 13.0. The molecule has 2 aliphatic heterocycles. The molecule has 2 heterocycles. The van der Waals surface area contributed by atoms with Crippen LogP contribution in [0, 0.1) is 0 Å². The van der Waals surface area contributed by atoms with E-state index in [0.717, 1.165) is 37.1 Å². The van der Waals surface area contributed by atoms with Crippen LogP contribution in [0.15, 0.2) is 30.3 Å². The van der Waals surface area contributed by atoms with Crippen LogP contribution in [0.4, 0.5) is 0 Å². The monoisotopic (exact) mass is 365 g/mol. The molecular formula is C18H17Cl2NO3. The van der Waals surface area contributed by atoms with Crippen LogP contribution in [0.5, 0.6) is 17.2 Å². The van der Waals surface area contributed by atoms with Crippen LogP contribution < -0.4 is 9.47 Å². The Bertz CT molecular complexity index is 775. The molecule has 0 saturated carbocycles. The van der Waals surface area contributed by atoms with Gasteiger partial charge in [-0.1, -0.05) is 29.3 Å². The van der Waals surface area contributed by atoms with E-state index in [1.54, 1.807) is 12.1 Å². The van der Waals surface area contributed by atoms with Crippen LogP contribution in [0.3, 0.4) is 0 Å². The van der Waals surface area contributed by atoms with Gasteiger partial charge in [0.15, 0.2) is 11.5 Å². The van der Waals surface area contributed by atoms with Crippen LogP contribution in [-0.4, -0.2) is 29.9 Å². The average molecular weight is 366 g/mol. The van der Waals surface area contributed by atoms with Gasteiger partial charge in [-0.15, -0.1) is 0 Å². The van der Waals surface area contributed by atoms with E-state index >= 15 is 0 Å². The van der Waals surface area contributed by atoms with Crippen molar-refractivity contribution >= 4 is 23.2 Å².